The third kappa shape index (κ3) is 3.64. The van der Waals surface area contributed by atoms with Gasteiger partial charge in [0, 0.05) is 19.1 Å². The third-order valence-electron chi connectivity index (χ3n) is 4.00. The van der Waals surface area contributed by atoms with Gasteiger partial charge in [0.05, 0.1) is 16.9 Å². The molecule has 6 heteroatoms. The van der Waals surface area contributed by atoms with Crippen LogP contribution in [0.5, 0.6) is 0 Å². The first kappa shape index (κ1) is 15.6. The van der Waals surface area contributed by atoms with E-state index in [0.717, 1.165) is 31.6 Å². The largest absolute Gasteiger partial charge is 0.478 e. The van der Waals surface area contributed by atoms with E-state index in [1.165, 1.54) is 0 Å². The molecule has 21 heavy (non-hydrogen) atoms. The zero-order valence-electron chi connectivity index (χ0n) is 12.4. The fraction of sp³-hybridized carbons (Fsp3) is 0.533. The molecule has 1 fully saturated rings. The van der Waals surface area contributed by atoms with E-state index in [4.69, 9.17) is 10.8 Å². The van der Waals surface area contributed by atoms with E-state index in [9.17, 15) is 9.18 Å². The predicted octanol–water partition coefficient (Wildman–Crippen LogP) is 2.25. The van der Waals surface area contributed by atoms with Crippen molar-refractivity contribution in [3.8, 4) is 0 Å². The first-order valence-electron chi connectivity index (χ1n) is 7.18. The average Bonchev–Trinajstić information content (AvgIpc) is 2.88. The maximum Gasteiger partial charge on any atom is 0.338 e. The second-order valence-corrected chi connectivity index (χ2v) is 5.85. The molecule has 1 aromatic carbocycles. The van der Waals surface area contributed by atoms with Gasteiger partial charge < -0.3 is 21.1 Å². The van der Waals surface area contributed by atoms with Gasteiger partial charge in [-0.2, -0.15) is 0 Å². The van der Waals surface area contributed by atoms with Gasteiger partial charge in [-0.1, -0.05) is 0 Å². The van der Waals surface area contributed by atoms with Crippen molar-refractivity contribution in [3.63, 3.8) is 0 Å². The van der Waals surface area contributed by atoms with E-state index in [1.807, 2.05) is 0 Å². The smallest absolute Gasteiger partial charge is 0.338 e. The number of carbonyl (C=O) groups is 1. The Balaban J connectivity index is 1.98. The first-order valence-corrected chi connectivity index (χ1v) is 7.18. The minimum atomic E-state index is -1.31. The summed E-state index contributed by atoms with van der Waals surface area (Å²) in [6, 6.07) is 2.86. The number of rotatable bonds is 5. The minimum absolute atomic E-state index is 0.257. The molecule has 0 amide bonds. The Hall–Kier alpha value is -1.82. The lowest BCUT2D eigenvalue weighted by Crippen LogP contribution is -2.29. The molecule has 1 heterocycles. The number of carboxylic acids is 1. The summed E-state index contributed by atoms with van der Waals surface area (Å²) in [5.74, 6) is -1.59. The summed E-state index contributed by atoms with van der Waals surface area (Å²) in [7, 11) is 0. The van der Waals surface area contributed by atoms with Crippen LogP contribution in [0.4, 0.5) is 15.8 Å². The van der Waals surface area contributed by atoms with Crippen LogP contribution in [0.25, 0.3) is 0 Å². The summed E-state index contributed by atoms with van der Waals surface area (Å²) in [6.07, 6.45) is 1.10. The highest BCUT2D eigenvalue weighted by atomic mass is 19.1. The molecule has 1 aromatic rings. The summed E-state index contributed by atoms with van der Waals surface area (Å²) >= 11 is 0. The first-order chi connectivity index (χ1) is 9.88. The monoisotopic (exact) mass is 295 g/mol. The van der Waals surface area contributed by atoms with E-state index in [1.54, 1.807) is 0 Å². The highest BCUT2D eigenvalue weighted by molar-refractivity contribution is 5.90. The minimum Gasteiger partial charge on any atom is -0.478 e. The molecule has 1 aliphatic rings. The van der Waals surface area contributed by atoms with Crippen molar-refractivity contribution in [2.75, 3.05) is 30.7 Å². The molecule has 5 nitrogen and oxygen atoms in total. The molecule has 116 valence electrons. The molecule has 0 saturated carbocycles. The highest BCUT2D eigenvalue weighted by Crippen LogP contribution is 2.25. The van der Waals surface area contributed by atoms with Crippen molar-refractivity contribution < 1.29 is 14.3 Å². The number of aromatic carboxylic acids is 1. The van der Waals surface area contributed by atoms with Crippen LogP contribution in [-0.4, -0.2) is 41.7 Å². The highest BCUT2D eigenvalue weighted by Gasteiger charge is 2.24. The zero-order valence-corrected chi connectivity index (χ0v) is 12.4. The number of anilines is 2. The lowest BCUT2D eigenvalue weighted by atomic mass is 10.1. The van der Waals surface area contributed by atoms with Gasteiger partial charge in [0.2, 0.25) is 0 Å². The number of halogens is 1. The van der Waals surface area contributed by atoms with E-state index in [2.05, 4.69) is 24.1 Å². The van der Waals surface area contributed by atoms with Gasteiger partial charge in [0.1, 0.15) is 5.82 Å². The normalized spacial score (nSPS) is 19.1. The van der Waals surface area contributed by atoms with Crippen molar-refractivity contribution in [1.82, 2.24) is 4.90 Å². The second kappa shape index (κ2) is 6.30. The average molecular weight is 295 g/mol. The van der Waals surface area contributed by atoms with Gasteiger partial charge in [-0.05, 0) is 44.9 Å². The van der Waals surface area contributed by atoms with E-state index >= 15 is 0 Å². The fourth-order valence-electron chi connectivity index (χ4n) is 2.66. The maximum atomic E-state index is 13.7. The molecule has 0 aliphatic carbocycles. The van der Waals surface area contributed by atoms with Gasteiger partial charge >= 0.3 is 5.97 Å². The third-order valence-corrected chi connectivity index (χ3v) is 4.00. The number of likely N-dealkylation sites (tertiary alicyclic amines) is 1. The Labute approximate surface area is 123 Å². The van der Waals surface area contributed by atoms with Crippen molar-refractivity contribution in [1.29, 1.82) is 0 Å². The van der Waals surface area contributed by atoms with Crippen molar-refractivity contribution in [2.45, 2.75) is 26.3 Å². The summed E-state index contributed by atoms with van der Waals surface area (Å²) in [5.41, 5.74) is 6.10. The molecule has 1 atom stereocenters. The van der Waals surface area contributed by atoms with Crippen LogP contribution in [0.2, 0.25) is 0 Å². The number of hydrogen-bond acceptors (Lipinski definition) is 4. The molecular formula is C15H22FN3O2. The van der Waals surface area contributed by atoms with Crippen molar-refractivity contribution >= 4 is 17.3 Å². The molecule has 0 aromatic heterocycles. The van der Waals surface area contributed by atoms with E-state index in [0.29, 0.717) is 24.2 Å². The van der Waals surface area contributed by atoms with Gasteiger partial charge in [-0.15, -0.1) is 0 Å². The molecular weight excluding hydrogens is 273 g/mol. The van der Waals surface area contributed by atoms with Crippen LogP contribution in [0, 0.1) is 11.7 Å². The predicted molar refractivity (Wildman–Crippen MR) is 81.1 cm³/mol. The van der Waals surface area contributed by atoms with E-state index in [-0.39, 0.29) is 5.69 Å². The molecule has 0 bridgehead atoms. The number of nitrogens with one attached hydrogen (secondary N) is 1. The summed E-state index contributed by atoms with van der Waals surface area (Å²) in [4.78, 5) is 13.2. The maximum absolute atomic E-state index is 13.7. The number of benzene rings is 1. The van der Waals surface area contributed by atoms with Crippen LogP contribution in [0.3, 0.4) is 0 Å². The number of nitrogens with two attached hydrogens (primary N) is 1. The van der Waals surface area contributed by atoms with Crippen LogP contribution in [0.15, 0.2) is 12.1 Å². The van der Waals surface area contributed by atoms with Crippen LogP contribution >= 0.6 is 0 Å². The number of nitrogens with zero attached hydrogens (tertiary/aromatic N) is 1. The van der Waals surface area contributed by atoms with Crippen LogP contribution in [0.1, 0.15) is 30.6 Å². The second-order valence-electron chi connectivity index (χ2n) is 5.85. The molecule has 1 saturated heterocycles. The fourth-order valence-corrected chi connectivity index (χ4v) is 2.66. The molecule has 2 rings (SSSR count). The summed E-state index contributed by atoms with van der Waals surface area (Å²) < 4.78 is 13.7. The Morgan fingerprint density at radius 3 is 2.86 bits per heavy atom. The Morgan fingerprint density at radius 2 is 2.29 bits per heavy atom. The van der Waals surface area contributed by atoms with Gasteiger partial charge in [0.15, 0.2) is 0 Å². The Morgan fingerprint density at radius 1 is 1.57 bits per heavy atom. The standard InChI is InChI=1S/C15H22FN3O2/c1-9(2)19-4-3-10(8-19)7-18-14-6-12(16)11(15(20)21)5-13(14)17/h5-6,9-10,18H,3-4,7-8,17H2,1-2H3,(H,20,21). The molecule has 1 unspecified atom stereocenters. The van der Waals surface area contributed by atoms with Gasteiger partial charge in [0.25, 0.3) is 0 Å². The van der Waals surface area contributed by atoms with Gasteiger partial charge in [-0.25, -0.2) is 9.18 Å². The van der Waals surface area contributed by atoms with Crippen LogP contribution in [-0.2, 0) is 0 Å². The summed E-state index contributed by atoms with van der Waals surface area (Å²) in [5, 5.41) is 12.0. The lowest BCUT2D eigenvalue weighted by Gasteiger charge is -2.20. The zero-order chi connectivity index (χ0) is 15.6. The SMILES string of the molecule is CC(C)N1CCC(CNc2cc(F)c(C(=O)O)cc2N)C1. The molecule has 0 spiro atoms. The Kier molecular flexibility index (Phi) is 4.67. The Bertz CT molecular complexity index is 534. The van der Waals surface area contributed by atoms with Crippen LogP contribution < -0.4 is 11.1 Å². The lowest BCUT2D eigenvalue weighted by molar-refractivity contribution is 0.0692. The number of carboxylic acid groups (broad SMARTS) is 1. The quantitative estimate of drug-likeness (QED) is 0.726. The van der Waals surface area contributed by atoms with Crippen molar-refractivity contribution in [3.05, 3.63) is 23.5 Å². The molecule has 4 N–H and O–H groups in total. The molecule has 0 radical (unpaired) electrons. The molecule has 1 aliphatic heterocycles. The van der Waals surface area contributed by atoms with E-state index < -0.39 is 17.3 Å². The topological polar surface area (TPSA) is 78.6 Å². The number of hydrogen-bond donors (Lipinski definition) is 3. The van der Waals surface area contributed by atoms with Gasteiger partial charge in [-0.3, -0.25) is 0 Å². The van der Waals surface area contributed by atoms with Crippen molar-refractivity contribution in [2.24, 2.45) is 5.92 Å². The number of nitrogen functional groups attached to an aromatic ring is 1. The summed E-state index contributed by atoms with van der Waals surface area (Å²) in [6.45, 7) is 7.15.